The number of carbonyl (C=O) groups excluding carboxylic acids is 3. The van der Waals surface area contributed by atoms with Crippen molar-refractivity contribution >= 4 is 17.8 Å². The molecule has 1 fully saturated rings. The summed E-state index contributed by atoms with van der Waals surface area (Å²) in [6.07, 6.45) is 1.46. The number of ether oxygens (including phenoxy) is 3. The lowest BCUT2D eigenvalue weighted by Crippen LogP contribution is -2.55. The van der Waals surface area contributed by atoms with Gasteiger partial charge in [-0.3, -0.25) is 9.59 Å². The minimum atomic E-state index is -0.929. The molecule has 9 heteroatoms. The van der Waals surface area contributed by atoms with E-state index in [1.54, 1.807) is 0 Å². The highest BCUT2D eigenvalue weighted by atomic mass is 16.5. The molecule has 0 aromatic carbocycles. The fraction of sp³-hybridized carbons (Fsp3) is 0.786. The molecule has 1 saturated heterocycles. The van der Waals surface area contributed by atoms with Crippen molar-refractivity contribution in [3.63, 3.8) is 0 Å². The molecule has 0 saturated carbocycles. The summed E-state index contributed by atoms with van der Waals surface area (Å²) in [6.45, 7) is 2.45. The summed E-state index contributed by atoms with van der Waals surface area (Å²) in [5.41, 5.74) is 5.70. The number of methoxy groups -OCH3 is 1. The van der Waals surface area contributed by atoms with E-state index < -0.39 is 35.9 Å². The molecular formula is C14H25N3O6. The maximum absolute atomic E-state index is 12.1. The van der Waals surface area contributed by atoms with Gasteiger partial charge in [-0.25, -0.2) is 4.79 Å². The molecule has 1 aliphatic rings. The van der Waals surface area contributed by atoms with Gasteiger partial charge < -0.3 is 30.6 Å². The van der Waals surface area contributed by atoms with Gasteiger partial charge in [0.25, 0.3) is 0 Å². The number of rotatable bonds is 1. The van der Waals surface area contributed by atoms with Crippen LogP contribution in [0.25, 0.3) is 0 Å². The van der Waals surface area contributed by atoms with Gasteiger partial charge in [0.1, 0.15) is 12.1 Å². The molecule has 3 atom stereocenters. The maximum atomic E-state index is 12.1. The Labute approximate surface area is 135 Å². The molecule has 0 aromatic heterocycles. The van der Waals surface area contributed by atoms with Crippen molar-refractivity contribution in [3.05, 3.63) is 0 Å². The van der Waals surface area contributed by atoms with Crippen LogP contribution >= 0.6 is 0 Å². The average Bonchev–Trinajstić information content (AvgIpc) is 2.54. The van der Waals surface area contributed by atoms with Gasteiger partial charge in [-0.05, 0) is 19.8 Å². The summed E-state index contributed by atoms with van der Waals surface area (Å²) in [5.74, 6) is -1.63. The average molecular weight is 331 g/mol. The van der Waals surface area contributed by atoms with Crippen molar-refractivity contribution in [1.82, 2.24) is 10.6 Å². The first kappa shape index (κ1) is 19.3. The number of nitrogens with one attached hydrogen (secondary N) is 2. The second kappa shape index (κ2) is 10.1. The van der Waals surface area contributed by atoms with Gasteiger partial charge in [0.15, 0.2) is 6.04 Å². The number of esters is 1. The Balaban J connectivity index is 2.73. The van der Waals surface area contributed by atoms with Gasteiger partial charge >= 0.3 is 5.97 Å². The minimum Gasteiger partial charge on any atom is -0.467 e. The third-order valence-electron chi connectivity index (χ3n) is 3.30. The van der Waals surface area contributed by atoms with Gasteiger partial charge in [0.05, 0.1) is 20.3 Å². The molecule has 0 aromatic rings. The molecule has 132 valence electrons. The molecular weight excluding hydrogens is 306 g/mol. The van der Waals surface area contributed by atoms with Gasteiger partial charge in [0, 0.05) is 13.2 Å². The minimum absolute atomic E-state index is 0.000545. The highest BCUT2D eigenvalue weighted by Gasteiger charge is 2.26. The van der Waals surface area contributed by atoms with E-state index in [1.807, 2.05) is 0 Å². The van der Waals surface area contributed by atoms with E-state index in [9.17, 15) is 14.4 Å². The maximum Gasteiger partial charge on any atom is 0.330 e. The first-order valence-electron chi connectivity index (χ1n) is 7.55. The predicted molar refractivity (Wildman–Crippen MR) is 80.4 cm³/mol. The van der Waals surface area contributed by atoms with Crippen LogP contribution in [-0.2, 0) is 28.6 Å². The van der Waals surface area contributed by atoms with Crippen LogP contribution in [0.5, 0.6) is 0 Å². The highest BCUT2D eigenvalue weighted by Crippen LogP contribution is 1.98. The second-order valence-corrected chi connectivity index (χ2v) is 5.28. The zero-order chi connectivity index (χ0) is 17.2. The first-order valence-corrected chi connectivity index (χ1v) is 7.55. The largest absolute Gasteiger partial charge is 0.467 e. The molecule has 0 aliphatic carbocycles. The van der Waals surface area contributed by atoms with Crippen LogP contribution < -0.4 is 16.4 Å². The van der Waals surface area contributed by atoms with Crippen LogP contribution in [0, 0.1) is 0 Å². The third kappa shape index (κ3) is 6.93. The summed E-state index contributed by atoms with van der Waals surface area (Å²) in [5, 5.41) is 4.97. The summed E-state index contributed by atoms with van der Waals surface area (Å²) >= 11 is 0. The zero-order valence-corrected chi connectivity index (χ0v) is 13.5. The Morgan fingerprint density at radius 1 is 1.13 bits per heavy atom. The normalized spacial score (nSPS) is 28.7. The lowest BCUT2D eigenvalue weighted by Gasteiger charge is -2.20. The lowest BCUT2D eigenvalue weighted by atomic mass is 10.2. The van der Waals surface area contributed by atoms with Crippen molar-refractivity contribution in [1.29, 1.82) is 0 Å². The van der Waals surface area contributed by atoms with Crippen molar-refractivity contribution in [3.8, 4) is 0 Å². The quantitative estimate of drug-likeness (QED) is 0.489. The molecule has 3 unspecified atom stereocenters. The predicted octanol–water partition coefficient (Wildman–Crippen LogP) is -1.70. The standard InChI is InChI=1S/C14H25N3O6/c1-9-12(18)17-11(14(20)21-2)8-23-6-4-3-5-22-7-10(15)13(19)16-9/h9-11H,3-8,15H2,1-2H3,(H,16,19)(H,17,18). The topological polar surface area (TPSA) is 129 Å². The van der Waals surface area contributed by atoms with E-state index in [4.69, 9.17) is 15.2 Å². The Bertz CT molecular complexity index is 417. The van der Waals surface area contributed by atoms with Crippen molar-refractivity contribution in [2.75, 3.05) is 33.5 Å². The van der Waals surface area contributed by atoms with Crippen molar-refractivity contribution in [2.24, 2.45) is 5.73 Å². The van der Waals surface area contributed by atoms with E-state index in [0.29, 0.717) is 13.2 Å². The molecule has 4 N–H and O–H groups in total. The molecule has 1 rings (SSSR count). The number of nitrogens with two attached hydrogens (primary N) is 1. The molecule has 1 aliphatic heterocycles. The van der Waals surface area contributed by atoms with Gasteiger partial charge in [0.2, 0.25) is 11.8 Å². The molecule has 0 spiro atoms. The number of carbonyl (C=O) groups is 3. The smallest absolute Gasteiger partial charge is 0.330 e. The summed E-state index contributed by atoms with van der Waals surface area (Å²) in [4.78, 5) is 35.6. The van der Waals surface area contributed by atoms with E-state index in [0.717, 1.165) is 12.8 Å². The van der Waals surface area contributed by atoms with Crippen LogP contribution in [0.1, 0.15) is 19.8 Å². The third-order valence-corrected chi connectivity index (χ3v) is 3.30. The monoisotopic (exact) mass is 331 g/mol. The summed E-state index contributed by atoms with van der Waals surface area (Å²) in [7, 11) is 1.23. The zero-order valence-electron chi connectivity index (χ0n) is 13.5. The Kier molecular flexibility index (Phi) is 8.52. The summed E-state index contributed by atoms with van der Waals surface area (Å²) in [6, 6.07) is -2.64. The number of amides is 2. The molecule has 1 heterocycles. The van der Waals surface area contributed by atoms with Crippen LogP contribution in [0.4, 0.5) is 0 Å². The van der Waals surface area contributed by atoms with E-state index >= 15 is 0 Å². The van der Waals surface area contributed by atoms with E-state index in [-0.39, 0.29) is 13.2 Å². The Morgan fingerprint density at radius 3 is 2.35 bits per heavy atom. The molecule has 0 bridgehead atoms. The highest BCUT2D eigenvalue weighted by molar-refractivity contribution is 5.91. The van der Waals surface area contributed by atoms with Gasteiger partial charge in [-0.1, -0.05) is 0 Å². The van der Waals surface area contributed by atoms with Gasteiger partial charge in [-0.15, -0.1) is 0 Å². The van der Waals surface area contributed by atoms with Crippen LogP contribution in [0.15, 0.2) is 0 Å². The SMILES string of the molecule is COC(=O)C1COCCCCOCC(N)C(=O)NC(C)C(=O)N1. The second-order valence-electron chi connectivity index (χ2n) is 5.28. The lowest BCUT2D eigenvalue weighted by molar-refractivity contribution is -0.147. The van der Waals surface area contributed by atoms with Crippen molar-refractivity contribution < 1.29 is 28.6 Å². The van der Waals surface area contributed by atoms with E-state index in [1.165, 1.54) is 14.0 Å². The van der Waals surface area contributed by atoms with Crippen LogP contribution in [-0.4, -0.2) is 69.4 Å². The number of hydrogen-bond acceptors (Lipinski definition) is 7. The first-order chi connectivity index (χ1) is 11.0. The van der Waals surface area contributed by atoms with Crippen molar-refractivity contribution in [2.45, 2.75) is 37.9 Å². The Hall–Kier alpha value is -1.71. The van der Waals surface area contributed by atoms with Crippen LogP contribution in [0.2, 0.25) is 0 Å². The molecule has 0 radical (unpaired) electrons. The van der Waals surface area contributed by atoms with Crippen LogP contribution in [0.3, 0.4) is 0 Å². The summed E-state index contributed by atoms with van der Waals surface area (Å²) < 4.78 is 15.3. The van der Waals surface area contributed by atoms with Gasteiger partial charge in [-0.2, -0.15) is 0 Å². The molecule has 9 nitrogen and oxygen atoms in total. The Morgan fingerprint density at radius 2 is 1.74 bits per heavy atom. The fourth-order valence-electron chi connectivity index (χ4n) is 1.89. The molecule has 2 amide bonds. The number of hydrogen-bond donors (Lipinski definition) is 3. The molecule has 23 heavy (non-hydrogen) atoms. The van der Waals surface area contributed by atoms with E-state index in [2.05, 4.69) is 15.4 Å². The fourth-order valence-corrected chi connectivity index (χ4v) is 1.89.